The molecule has 0 heteroatoms. The van der Waals surface area contributed by atoms with Gasteiger partial charge >= 0.3 is 0 Å². The molecular weight excluding hydrogens is 72.1 g/mol. The summed E-state index contributed by atoms with van der Waals surface area (Å²) in [6.45, 7) is 9.00. The zero-order valence-electron chi connectivity index (χ0n) is 4.28. The van der Waals surface area contributed by atoms with Crippen LogP contribution < -0.4 is 0 Å². The Kier molecular flexibility index (Phi) is 2.52. The van der Waals surface area contributed by atoms with Crippen molar-refractivity contribution in [1.82, 2.24) is 0 Å². The molecular formula is C6H9. The van der Waals surface area contributed by atoms with Gasteiger partial charge in [-0.05, 0) is 25.5 Å². The topological polar surface area (TPSA) is 0 Å². The Hall–Kier alpha value is -0.480. The minimum Gasteiger partial charge on any atom is -0.121 e. The van der Waals surface area contributed by atoms with Crippen LogP contribution in [0.4, 0.5) is 0 Å². The third-order valence-electron chi connectivity index (χ3n) is 0.777. The average molecular weight is 81.1 g/mol. The molecule has 0 aromatic heterocycles. The summed E-state index contributed by atoms with van der Waals surface area (Å²) in [5, 5.41) is 0. The quantitative estimate of drug-likeness (QED) is 0.423. The predicted octanol–water partition coefficient (Wildman–Crippen LogP) is 1.93. The zero-order chi connectivity index (χ0) is 4.99. The summed E-state index contributed by atoms with van der Waals surface area (Å²) in [6.07, 6.45) is 1.01. The molecule has 6 heavy (non-hydrogen) atoms. The lowest BCUT2D eigenvalue weighted by Gasteiger charge is -1.80. The minimum atomic E-state index is 1.01. The second-order valence-electron chi connectivity index (χ2n) is 1.28. The number of hydrogen-bond donors (Lipinski definition) is 0. The Bertz CT molecular complexity index is 74.0. The van der Waals surface area contributed by atoms with Crippen molar-refractivity contribution in [3.05, 3.63) is 17.9 Å². The third-order valence-corrected chi connectivity index (χ3v) is 0.777. The van der Waals surface area contributed by atoms with Gasteiger partial charge in [0.1, 0.15) is 0 Å². The van der Waals surface area contributed by atoms with Gasteiger partial charge in [-0.1, -0.05) is 6.92 Å². The highest BCUT2D eigenvalue weighted by atomic mass is 13.8. The van der Waals surface area contributed by atoms with Crippen LogP contribution in [-0.4, -0.2) is 0 Å². The Morgan fingerprint density at radius 3 is 2.33 bits per heavy atom. The van der Waals surface area contributed by atoms with Crippen LogP contribution in [0.2, 0.25) is 0 Å². The van der Waals surface area contributed by atoms with Crippen molar-refractivity contribution in [2.45, 2.75) is 20.3 Å². The molecule has 1 radical (unpaired) electrons. The summed E-state index contributed by atoms with van der Waals surface area (Å²) in [5.41, 5.74) is 3.65. The van der Waals surface area contributed by atoms with E-state index in [4.69, 9.17) is 6.58 Å². The first-order valence-electron chi connectivity index (χ1n) is 2.10. The fraction of sp³-hybridized carbons (Fsp3) is 0.500. The summed E-state index contributed by atoms with van der Waals surface area (Å²) in [7, 11) is 0. The number of hydrogen-bond acceptors (Lipinski definition) is 0. The highest BCUT2D eigenvalue weighted by Crippen LogP contribution is 1.91. The van der Waals surface area contributed by atoms with Gasteiger partial charge in [-0.2, -0.15) is 0 Å². The van der Waals surface area contributed by atoms with Gasteiger partial charge in [0, 0.05) is 0 Å². The van der Waals surface area contributed by atoms with Crippen molar-refractivity contribution in [3.63, 3.8) is 0 Å². The van der Waals surface area contributed by atoms with Crippen molar-refractivity contribution >= 4 is 0 Å². The molecule has 0 unspecified atom stereocenters. The third kappa shape index (κ3) is 1.80. The second-order valence-corrected chi connectivity index (χ2v) is 1.28. The van der Waals surface area contributed by atoms with Crippen LogP contribution in [0.25, 0.3) is 0 Å². The molecule has 0 heterocycles. The average Bonchev–Trinajstić information content (AvgIpc) is 1.65. The molecule has 0 nitrogen and oxygen atoms in total. The van der Waals surface area contributed by atoms with E-state index in [0.29, 0.717) is 0 Å². The van der Waals surface area contributed by atoms with Gasteiger partial charge in [0.05, 0.1) is 0 Å². The molecule has 0 aromatic carbocycles. The molecule has 0 aliphatic rings. The van der Waals surface area contributed by atoms with E-state index < -0.39 is 0 Å². The smallest absolute Gasteiger partial charge is 0.0123 e. The van der Waals surface area contributed by atoms with E-state index in [1.807, 2.05) is 6.92 Å². The normalized spacial score (nSPS) is 7.00. The van der Waals surface area contributed by atoms with Gasteiger partial charge in [-0.3, -0.25) is 0 Å². The molecule has 0 saturated carbocycles. The molecule has 0 bridgehead atoms. The molecule has 33 valence electrons. The lowest BCUT2D eigenvalue weighted by atomic mass is 10.3. The Morgan fingerprint density at radius 1 is 1.83 bits per heavy atom. The summed E-state index contributed by atoms with van der Waals surface area (Å²) in [4.78, 5) is 0. The summed E-state index contributed by atoms with van der Waals surface area (Å²) in [6, 6.07) is 0. The van der Waals surface area contributed by atoms with Crippen LogP contribution in [0.15, 0.2) is 11.3 Å². The molecule has 0 aliphatic heterocycles. The van der Waals surface area contributed by atoms with Crippen LogP contribution in [0.5, 0.6) is 0 Å². The van der Waals surface area contributed by atoms with E-state index in [1.165, 1.54) is 0 Å². The molecule has 0 amide bonds. The molecule has 0 aliphatic carbocycles. The largest absolute Gasteiger partial charge is 0.121 e. The van der Waals surface area contributed by atoms with E-state index >= 15 is 0 Å². The Balaban J connectivity index is 3.52. The predicted molar refractivity (Wildman–Crippen MR) is 27.3 cm³/mol. The van der Waals surface area contributed by atoms with Gasteiger partial charge in [0.15, 0.2) is 0 Å². The summed E-state index contributed by atoms with van der Waals surface area (Å²) < 4.78 is 0. The zero-order valence-corrected chi connectivity index (χ0v) is 4.28. The van der Waals surface area contributed by atoms with Crippen molar-refractivity contribution < 1.29 is 0 Å². The monoisotopic (exact) mass is 81.1 g/mol. The van der Waals surface area contributed by atoms with E-state index in [-0.39, 0.29) is 0 Å². The van der Waals surface area contributed by atoms with Crippen molar-refractivity contribution in [2.75, 3.05) is 0 Å². The van der Waals surface area contributed by atoms with Gasteiger partial charge < -0.3 is 0 Å². The van der Waals surface area contributed by atoms with Crippen molar-refractivity contribution in [2.24, 2.45) is 0 Å². The van der Waals surface area contributed by atoms with Gasteiger partial charge in [-0.25, -0.2) is 0 Å². The SMILES string of the molecule is [CH]=C=C(C)CC. The lowest BCUT2D eigenvalue weighted by Crippen LogP contribution is -1.61. The molecule has 0 saturated heterocycles. The summed E-state index contributed by atoms with van der Waals surface area (Å²) >= 11 is 0. The maximum absolute atomic E-state index is 5.00. The van der Waals surface area contributed by atoms with Crippen LogP contribution >= 0.6 is 0 Å². The van der Waals surface area contributed by atoms with Crippen LogP contribution in [-0.2, 0) is 0 Å². The standard InChI is InChI=1S/C6H9/c1-4-6(3)5-2/h1H,5H2,2-3H3. The minimum absolute atomic E-state index is 1.01. The van der Waals surface area contributed by atoms with Gasteiger partial charge in [0.25, 0.3) is 0 Å². The van der Waals surface area contributed by atoms with Crippen LogP contribution in [0.3, 0.4) is 0 Å². The fourth-order valence-electron chi connectivity index (χ4n) is 0.102. The highest BCUT2D eigenvalue weighted by Gasteiger charge is 1.72. The Morgan fingerprint density at radius 2 is 2.33 bits per heavy atom. The van der Waals surface area contributed by atoms with Crippen LogP contribution in [0.1, 0.15) is 20.3 Å². The number of allylic oxidation sites excluding steroid dienone is 1. The number of rotatable bonds is 1. The first-order valence-corrected chi connectivity index (χ1v) is 2.10. The van der Waals surface area contributed by atoms with E-state index in [2.05, 4.69) is 12.7 Å². The van der Waals surface area contributed by atoms with Crippen LogP contribution in [0, 0.1) is 6.58 Å². The molecule has 0 fully saturated rings. The van der Waals surface area contributed by atoms with Gasteiger partial charge in [0.2, 0.25) is 0 Å². The van der Waals surface area contributed by atoms with Gasteiger partial charge in [-0.15, -0.1) is 5.73 Å². The molecule has 0 aromatic rings. The van der Waals surface area contributed by atoms with E-state index in [0.717, 1.165) is 12.0 Å². The maximum Gasteiger partial charge on any atom is -0.0123 e. The Labute approximate surface area is 39.2 Å². The van der Waals surface area contributed by atoms with Crippen molar-refractivity contribution in [1.29, 1.82) is 0 Å². The first kappa shape index (κ1) is 5.52. The molecule has 0 rings (SSSR count). The maximum atomic E-state index is 5.00. The van der Waals surface area contributed by atoms with Crippen molar-refractivity contribution in [3.8, 4) is 0 Å². The highest BCUT2D eigenvalue weighted by molar-refractivity contribution is 4.90. The summed E-state index contributed by atoms with van der Waals surface area (Å²) in [5.74, 6) is 0. The second kappa shape index (κ2) is 2.74. The lowest BCUT2D eigenvalue weighted by molar-refractivity contribution is 1.11. The molecule has 0 atom stereocenters. The molecule has 0 N–H and O–H groups in total. The fourth-order valence-corrected chi connectivity index (χ4v) is 0.102. The first-order chi connectivity index (χ1) is 2.81. The van der Waals surface area contributed by atoms with E-state index in [9.17, 15) is 0 Å². The van der Waals surface area contributed by atoms with E-state index in [1.54, 1.807) is 0 Å². The molecule has 0 spiro atoms.